The van der Waals surface area contributed by atoms with Crippen LogP contribution in [-0.4, -0.2) is 24.8 Å². The number of alkyl halides is 3. The second kappa shape index (κ2) is 8.35. The smallest absolute Gasteiger partial charge is 0.324 e. The number of anilines is 1. The minimum Gasteiger partial charge on any atom is -0.324 e. The summed E-state index contributed by atoms with van der Waals surface area (Å²) in [6, 6.07) is 11.2. The maximum Gasteiger partial charge on any atom is 0.416 e. The minimum absolute atomic E-state index is 0.0933. The molecule has 1 amide bonds. The second-order valence-electron chi connectivity index (χ2n) is 6.57. The molecule has 0 saturated carbocycles. The van der Waals surface area contributed by atoms with Crippen LogP contribution in [0, 0.1) is 0 Å². The van der Waals surface area contributed by atoms with Gasteiger partial charge in [-0.1, -0.05) is 24.3 Å². The highest BCUT2D eigenvalue weighted by Crippen LogP contribution is 2.28. The van der Waals surface area contributed by atoms with Crippen LogP contribution in [0.5, 0.6) is 0 Å². The summed E-state index contributed by atoms with van der Waals surface area (Å²) in [5, 5.41) is 2.77. The van der Waals surface area contributed by atoms with Crippen LogP contribution in [0.25, 0.3) is 0 Å². The minimum atomic E-state index is -4.36. The Labute approximate surface area is 156 Å². The fraction of sp³-hybridized carbons (Fsp3) is 0.300. The number of amides is 1. The Hall–Kier alpha value is -2.67. The first-order chi connectivity index (χ1) is 12.6. The first-order valence-electron chi connectivity index (χ1n) is 8.48. The Balaban J connectivity index is 1.99. The lowest BCUT2D eigenvalue weighted by atomic mass is 10.1. The average molecular weight is 379 g/mol. The Kier molecular flexibility index (Phi) is 6.38. The lowest BCUT2D eigenvalue weighted by molar-refractivity contribution is -0.907. The molecule has 2 atom stereocenters. The third-order valence-corrected chi connectivity index (χ3v) is 4.43. The molecule has 2 aromatic rings. The molecule has 0 fully saturated rings. The molecule has 2 rings (SSSR count). The van der Waals surface area contributed by atoms with Crippen molar-refractivity contribution in [3.63, 3.8) is 0 Å². The molecular weight excluding hydrogens is 357 g/mol. The summed E-state index contributed by atoms with van der Waals surface area (Å²) in [5.74, 6) is -0.329. The lowest BCUT2D eigenvalue weighted by Gasteiger charge is -2.21. The molecule has 0 spiro atoms. The second-order valence-corrected chi connectivity index (χ2v) is 6.57. The van der Waals surface area contributed by atoms with Gasteiger partial charge in [0.15, 0.2) is 11.8 Å². The SMILES string of the molecule is CC(=O)c1cccc(NC(=O)[C@@H](C)[NH+](C)Cc2ccc(C(F)(F)F)cc2)c1. The van der Waals surface area contributed by atoms with E-state index in [1.54, 1.807) is 38.2 Å². The number of likely N-dealkylation sites (N-methyl/N-ethyl adjacent to an activating group) is 1. The van der Waals surface area contributed by atoms with Gasteiger partial charge in [0.05, 0.1) is 12.6 Å². The third-order valence-electron chi connectivity index (χ3n) is 4.43. The van der Waals surface area contributed by atoms with E-state index in [0.29, 0.717) is 23.4 Å². The van der Waals surface area contributed by atoms with Crippen molar-refractivity contribution >= 4 is 17.4 Å². The molecule has 0 radical (unpaired) electrons. The highest BCUT2D eigenvalue weighted by Gasteiger charge is 2.30. The van der Waals surface area contributed by atoms with Gasteiger partial charge in [0.1, 0.15) is 6.54 Å². The Morgan fingerprint density at radius 3 is 2.30 bits per heavy atom. The van der Waals surface area contributed by atoms with Gasteiger partial charge in [0.25, 0.3) is 5.91 Å². The molecule has 2 N–H and O–H groups in total. The zero-order valence-electron chi connectivity index (χ0n) is 15.4. The van der Waals surface area contributed by atoms with Gasteiger partial charge >= 0.3 is 6.18 Å². The van der Waals surface area contributed by atoms with Crippen molar-refractivity contribution < 1.29 is 27.7 Å². The molecule has 1 unspecified atom stereocenters. The van der Waals surface area contributed by atoms with Crippen LogP contribution in [0.2, 0.25) is 0 Å². The highest BCUT2D eigenvalue weighted by molar-refractivity contribution is 5.97. The number of carbonyl (C=O) groups is 2. The molecule has 0 heterocycles. The number of ketones is 1. The van der Waals surface area contributed by atoms with Gasteiger partial charge in [-0.3, -0.25) is 9.59 Å². The molecule has 2 aromatic carbocycles. The van der Waals surface area contributed by atoms with Crippen molar-refractivity contribution in [1.29, 1.82) is 0 Å². The number of hydrogen-bond donors (Lipinski definition) is 2. The van der Waals surface area contributed by atoms with E-state index in [9.17, 15) is 22.8 Å². The summed E-state index contributed by atoms with van der Waals surface area (Å²) in [6.07, 6.45) is -4.36. The molecule has 7 heteroatoms. The molecule has 0 aromatic heterocycles. The van der Waals surface area contributed by atoms with E-state index in [0.717, 1.165) is 17.0 Å². The Morgan fingerprint density at radius 2 is 1.74 bits per heavy atom. The van der Waals surface area contributed by atoms with E-state index < -0.39 is 17.8 Å². The van der Waals surface area contributed by atoms with Crippen LogP contribution in [0.1, 0.15) is 35.3 Å². The zero-order chi connectivity index (χ0) is 20.2. The molecule has 144 valence electrons. The van der Waals surface area contributed by atoms with Gasteiger partial charge in [-0.15, -0.1) is 0 Å². The van der Waals surface area contributed by atoms with Crippen LogP contribution < -0.4 is 10.2 Å². The summed E-state index contributed by atoms with van der Waals surface area (Å²) in [4.78, 5) is 24.7. The fourth-order valence-corrected chi connectivity index (χ4v) is 2.58. The van der Waals surface area contributed by atoms with Gasteiger partial charge in [-0.2, -0.15) is 13.2 Å². The summed E-state index contributed by atoms with van der Waals surface area (Å²) in [5.41, 5.74) is 1.05. The van der Waals surface area contributed by atoms with Gasteiger partial charge in [-0.25, -0.2) is 0 Å². The van der Waals surface area contributed by atoms with Crippen LogP contribution in [0.3, 0.4) is 0 Å². The van der Waals surface area contributed by atoms with Crippen molar-refractivity contribution in [3.05, 3.63) is 65.2 Å². The molecule has 27 heavy (non-hydrogen) atoms. The van der Waals surface area contributed by atoms with E-state index in [-0.39, 0.29) is 11.7 Å². The number of Topliss-reactive ketones (excluding diaryl/α,β-unsaturated/α-hetero) is 1. The Morgan fingerprint density at radius 1 is 1.11 bits per heavy atom. The normalized spacial score (nSPS) is 13.7. The third kappa shape index (κ3) is 5.65. The number of nitrogens with one attached hydrogen (secondary N) is 2. The monoisotopic (exact) mass is 379 g/mol. The molecule has 4 nitrogen and oxygen atoms in total. The van der Waals surface area contributed by atoms with Crippen LogP contribution in [0.15, 0.2) is 48.5 Å². The number of quaternary nitrogens is 1. The van der Waals surface area contributed by atoms with E-state index in [2.05, 4.69) is 5.32 Å². The van der Waals surface area contributed by atoms with E-state index in [1.807, 2.05) is 0 Å². The van der Waals surface area contributed by atoms with E-state index >= 15 is 0 Å². The molecule has 0 aliphatic rings. The molecule has 0 aliphatic carbocycles. The van der Waals surface area contributed by atoms with Crippen LogP contribution in [-0.2, 0) is 17.5 Å². The standard InChI is InChI=1S/C20H21F3N2O2/c1-13(19(27)24-18-6-4-5-16(11-18)14(2)26)25(3)12-15-7-9-17(10-8-15)20(21,22)23/h4-11,13H,12H2,1-3H3,(H,24,27)/p+1/t13-/m1/s1. The first kappa shape index (κ1) is 20.6. The topological polar surface area (TPSA) is 50.6 Å². The highest BCUT2D eigenvalue weighted by atomic mass is 19.4. The predicted molar refractivity (Wildman–Crippen MR) is 96.6 cm³/mol. The molecular formula is C20H22F3N2O2+. The Bertz CT molecular complexity index is 817. The first-order valence-corrected chi connectivity index (χ1v) is 8.48. The fourth-order valence-electron chi connectivity index (χ4n) is 2.58. The lowest BCUT2D eigenvalue weighted by Crippen LogP contribution is -3.12. The van der Waals surface area contributed by atoms with Crippen molar-refractivity contribution in [2.24, 2.45) is 0 Å². The number of rotatable bonds is 6. The molecule has 0 aliphatic heterocycles. The van der Waals surface area contributed by atoms with Crippen molar-refractivity contribution in [2.45, 2.75) is 32.6 Å². The van der Waals surface area contributed by atoms with Gasteiger partial charge in [0.2, 0.25) is 0 Å². The quantitative estimate of drug-likeness (QED) is 0.759. The van der Waals surface area contributed by atoms with Crippen molar-refractivity contribution in [1.82, 2.24) is 0 Å². The van der Waals surface area contributed by atoms with Crippen LogP contribution in [0.4, 0.5) is 18.9 Å². The molecule has 0 bridgehead atoms. The maximum atomic E-state index is 12.6. The summed E-state index contributed by atoms with van der Waals surface area (Å²) >= 11 is 0. The molecule has 0 saturated heterocycles. The van der Waals surface area contributed by atoms with Gasteiger partial charge < -0.3 is 10.2 Å². The van der Waals surface area contributed by atoms with Gasteiger partial charge in [0, 0.05) is 16.8 Å². The van der Waals surface area contributed by atoms with Crippen molar-refractivity contribution in [2.75, 3.05) is 12.4 Å². The predicted octanol–water partition coefficient (Wildman–Crippen LogP) is 2.95. The average Bonchev–Trinajstić information content (AvgIpc) is 2.60. The summed E-state index contributed by atoms with van der Waals surface area (Å²) in [6.45, 7) is 3.59. The number of hydrogen-bond acceptors (Lipinski definition) is 2. The largest absolute Gasteiger partial charge is 0.416 e. The maximum absolute atomic E-state index is 12.6. The van der Waals surface area contributed by atoms with Crippen molar-refractivity contribution in [3.8, 4) is 0 Å². The van der Waals surface area contributed by atoms with Gasteiger partial charge in [-0.05, 0) is 38.1 Å². The number of carbonyl (C=O) groups excluding carboxylic acids is 2. The van der Waals surface area contributed by atoms with E-state index in [4.69, 9.17) is 0 Å². The van der Waals surface area contributed by atoms with E-state index in [1.165, 1.54) is 19.1 Å². The summed E-state index contributed by atoms with van der Waals surface area (Å²) < 4.78 is 37.9. The summed E-state index contributed by atoms with van der Waals surface area (Å²) in [7, 11) is 1.80. The van der Waals surface area contributed by atoms with Crippen LogP contribution >= 0.6 is 0 Å². The number of halogens is 3. The zero-order valence-corrected chi connectivity index (χ0v) is 15.4. The number of benzene rings is 2.